The van der Waals surface area contributed by atoms with Gasteiger partial charge in [0.15, 0.2) is 0 Å². The highest BCUT2D eigenvalue weighted by Crippen LogP contribution is 2.26. The van der Waals surface area contributed by atoms with Gasteiger partial charge in [0.05, 0.1) is 0 Å². The number of nitrogens with one attached hydrogen (secondary N) is 1. The zero-order valence-electron chi connectivity index (χ0n) is 11.6. The van der Waals surface area contributed by atoms with Crippen molar-refractivity contribution in [2.24, 2.45) is 0 Å². The Balaban J connectivity index is 2.21. The molecule has 1 unspecified atom stereocenters. The zero-order chi connectivity index (χ0) is 14.4. The molecule has 0 saturated heterocycles. The van der Waals surface area contributed by atoms with Crippen LogP contribution < -0.4 is 5.32 Å². The normalized spacial score (nSPS) is 12.3. The summed E-state index contributed by atoms with van der Waals surface area (Å²) in [6.45, 7) is 4.07. The summed E-state index contributed by atoms with van der Waals surface area (Å²) in [4.78, 5) is 0. The summed E-state index contributed by atoms with van der Waals surface area (Å²) in [6.07, 6.45) is 0.995. The average molecular weight is 353 g/mol. The van der Waals surface area contributed by atoms with Crippen LogP contribution in [0, 0.1) is 0 Å². The maximum Gasteiger partial charge on any atom is 0.0408 e. The van der Waals surface area contributed by atoms with Crippen molar-refractivity contribution in [1.82, 2.24) is 5.32 Å². The van der Waals surface area contributed by atoms with E-state index in [9.17, 15) is 0 Å². The number of hydrogen-bond donors (Lipinski definition) is 1. The maximum atomic E-state index is 6.13. The Hall–Kier alpha value is -0.830. The fourth-order valence-corrected chi connectivity index (χ4v) is 2.96. The minimum atomic E-state index is 0.423. The van der Waals surface area contributed by atoms with E-state index in [2.05, 4.69) is 58.5 Å². The van der Waals surface area contributed by atoms with Gasteiger partial charge in [-0.05, 0) is 42.3 Å². The molecule has 1 atom stereocenters. The van der Waals surface area contributed by atoms with E-state index in [4.69, 9.17) is 11.6 Å². The second-order valence-corrected chi connectivity index (χ2v) is 6.15. The fraction of sp³-hybridized carbons (Fsp3) is 0.294. The van der Waals surface area contributed by atoms with Gasteiger partial charge in [0.2, 0.25) is 0 Å². The first kappa shape index (κ1) is 15.6. The summed E-state index contributed by atoms with van der Waals surface area (Å²) in [5.41, 5.74) is 2.62. The molecule has 0 heterocycles. The lowest BCUT2D eigenvalue weighted by atomic mass is 9.92. The lowest BCUT2D eigenvalue weighted by Gasteiger charge is -2.19. The third kappa shape index (κ3) is 4.34. The molecule has 0 radical (unpaired) electrons. The first-order valence-corrected chi connectivity index (χ1v) is 8.07. The molecule has 2 aromatic carbocycles. The van der Waals surface area contributed by atoms with E-state index in [0.29, 0.717) is 5.92 Å². The van der Waals surface area contributed by atoms with Crippen molar-refractivity contribution in [3.63, 3.8) is 0 Å². The lowest BCUT2D eigenvalue weighted by molar-refractivity contribution is 0.594. The van der Waals surface area contributed by atoms with E-state index in [0.717, 1.165) is 24.5 Å². The topological polar surface area (TPSA) is 12.0 Å². The third-order valence-corrected chi connectivity index (χ3v) is 4.39. The van der Waals surface area contributed by atoms with Gasteiger partial charge in [-0.1, -0.05) is 64.8 Å². The molecule has 1 N–H and O–H groups in total. The average Bonchev–Trinajstić information content (AvgIpc) is 2.45. The highest BCUT2D eigenvalue weighted by Gasteiger charge is 2.13. The van der Waals surface area contributed by atoms with Crippen molar-refractivity contribution in [1.29, 1.82) is 0 Å². The van der Waals surface area contributed by atoms with Crippen LogP contribution in [0.15, 0.2) is 53.0 Å². The van der Waals surface area contributed by atoms with Crippen LogP contribution >= 0.6 is 27.5 Å². The highest BCUT2D eigenvalue weighted by atomic mass is 79.9. The van der Waals surface area contributed by atoms with E-state index >= 15 is 0 Å². The molecule has 0 bridgehead atoms. The summed E-state index contributed by atoms with van der Waals surface area (Å²) in [5, 5.41) is 4.25. The molecule has 0 fully saturated rings. The van der Waals surface area contributed by atoms with Crippen molar-refractivity contribution < 1.29 is 0 Å². The number of hydrogen-bond acceptors (Lipinski definition) is 1. The quantitative estimate of drug-likeness (QED) is 0.768. The molecule has 2 rings (SSSR count). The van der Waals surface area contributed by atoms with Crippen LogP contribution in [-0.2, 0) is 6.42 Å². The highest BCUT2D eigenvalue weighted by molar-refractivity contribution is 9.10. The Bertz CT molecular complexity index is 556. The molecule has 20 heavy (non-hydrogen) atoms. The van der Waals surface area contributed by atoms with Gasteiger partial charge in [0.1, 0.15) is 0 Å². The largest absolute Gasteiger partial charge is 0.316 e. The van der Waals surface area contributed by atoms with Crippen molar-refractivity contribution in [2.75, 3.05) is 13.1 Å². The van der Waals surface area contributed by atoms with Gasteiger partial charge in [-0.2, -0.15) is 0 Å². The minimum Gasteiger partial charge on any atom is -0.316 e. The molecule has 0 aliphatic carbocycles. The fourth-order valence-electron chi connectivity index (χ4n) is 2.32. The second kappa shape index (κ2) is 7.82. The molecular weight excluding hydrogens is 334 g/mol. The van der Waals surface area contributed by atoms with Crippen molar-refractivity contribution in [3.05, 3.63) is 69.2 Å². The first-order valence-electron chi connectivity index (χ1n) is 6.90. The molecular formula is C17H19BrClN. The Morgan fingerprint density at radius 3 is 2.65 bits per heavy atom. The minimum absolute atomic E-state index is 0.423. The molecule has 0 spiro atoms. The summed E-state index contributed by atoms with van der Waals surface area (Å²) >= 11 is 9.76. The lowest BCUT2D eigenvalue weighted by Crippen LogP contribution is -2.22. The number of rotatable bonds is 6. The van der Waals surface area contributed by atoms with Crippen LogP contribution in [0.3, 0.4) is 0 Å². The van der Waals surface area contributed by atoms with Crippen molar-refractivity contribution >= 4 is 27.5 Å². The Labute approximate surface area is 134 Å². The molecule has 3 heteroatoms. The van der Waals surface area contributed by atoms with E-state index in [1.807, 2.05) is 18.2 Å². The molecule has 0 amide bonds. The molecule has 0 saturated carbocycles. The van der Waals surface area contributed by atoms with Crippen LogP contribution in [-0.4, -0.2) is 13.1 Å². The smallest absolute Gasteiger partial charge is 0.0408 e. The Morgan fingerprint density at radius 1 is 1.15 bits per heavy atom. The predicted octanol–water partition coefficient (Wildman–Crippen LogP) is 5.04. The number of benzene rings is 2. The van der Waals surface area contributed by atoms with Gasteiger partial charge in [-0.3, -0.25) is 0 Å². The summed E-state index contributed by atoms with van der Waals surface area (Å²) in [7, 11) is 0. The standard InChI is InChI=1S/C17H19BrClN/c1-2-20-12-15(13-7-5-8-16(19)11-13)10-14-6-3-4-9-17(14)18/h3-9,11,15,20H,2,10,12H2,1H3. The third-order valence-electron chi connectivity index (χ3n) is 3.38. The molecule has 0 aromatic heterocycles. The van der Waals surface area contributed by atoms with Crippen LogP contribution in [0.25, 0.3) is 0 Å². The SMILES string of the molecule is CCNCC(Cc1ccccc1Br)c1cccc(Cl)c1. The van der Waals surface area contributed by atoms with E-state index in [-0.39, 0.29) is 0 Å². The summed E-state index contributed by atoms with van der Waals surface area (Å²) in [6, 6.07) is 16.6. The molecule has 1 nitrogen and oxygen atoms in total. The van der Waals surface area contributed by atoms with Gasteiger partial charge in [-0.25, -0.2) is 0 Å². The van der Waals surface area contributed by atoms with Gasteiger partial charge in [0, 0.05) is 22.0 Å². The Morgan fingerprint density at radius 2 is 1.95 bits per heavy atom. The first-order chi connectivity index (χ1) is 9.70. The van der Waals surface area contributed by atoms with Gasteiger partial charge in [-0.15, -0.1) is 0 Å². The Kier molecular flexibility index (Phi) is 6.08. The molecule has 106 valence electrons. The van der Waals surface area contributed by atoms with Crippen LogP contribution in [0.5, 0.6) is 0 Å². The predicted molar refractivity (Wildman–Crippen MR) is 90.6 cm³/mol. The number of halogens is 2. The second-order valence-electron chi connectivity index (χ2n) is 4.86. The van der Waals surface area contributed by atoms with Gasteiger partial charge in [0.25, 0.3) is 0 Å². The van der Waals surface area contributed by atoms with E-state index < -0.39 is 0 Å². The van der Waals surface area contributed by atoms with Crippen LogP contribution in [0.4, 0.5) is 0 Å². The summed E-state index contributed by atoms with van der Waals surface area (Å²) in [5.74, 6) is 0.423. The van der Waals surface area contributed by atoms with Crippen LogP contribution in [0.1, 0.15) is 24.0 Å². The molecule has 2 aromatic rings. The monoisotopic (exact) mass is 351 g/mol. The molecule has 0 aliphatic heterocycles. The van der Waals surface area contributed by atoms with Crippen molar-refractivity contribution in [3.8, 4) is 0 Å². The maximum absolute atomic E-state index is 6.13. The zero-order valence-corrected chi connectivity index (χ0v) is 13.9. The van der Waals surface area contributed by atoms with E-state index in [1.54, 1.807) is 0 Å². The number of likely N-dealkylation sites (N-methyl/N-ethyl adjacent to an activating group) is 1. The molecule has 0 aliphatic rings. The van der Waals surface area contributed by atoms with Gasteiger partial charge >= 0.3 is 0 Å². The van der Waals surface area contributed by atoms with E-state index in [1.165, 1.54) is 15.6 Å². The van der Waals surface area contributed by atoms with Crippen molar-refractivity contribution in [2.45, 2.75) is 19.3 Å². The van der Waals surface area contributed by atoms with Gasteiger partial charge < -0.3 is 5.32 Å². The van der Waals surface area contributed by atoms with Crippen LogP contribution in [0.2, 0.25) is 5.02 Å². The summed E-state index contributed by atoms with van der Waals surface area (Å²) < 4.78 is 1.17.